The highest BCUT2D eigenvalue weighted by Gasteiger charge is 2.14. The Kier molecular flexibility index (Phi) is 7.40. The predicted molar refractivity (Wildman–Crippen MR) is 121 cm³/mol. The molecule has 0 saturated heterocycles. The summed E-state index contributed by atoms with van der Waals surface area (Å²) in [5.74, 6) is 1.01. The first-order valence-corrected chi connectivity index (χ1v) is 10.1. The zero-order chi connectivity index (χ0) is 22.2. The molecule has 0 aliphatic heterocycles. The first-order valence-electron chi connectivity index (χ1n) is 10.1. The molecule has 0 aliphatic rings. The molecule has 0 radical (unpaired) electrons. The van der Waals surface area contributed by atoms with Crippen LogP contribution in [0.1, 0.15) is 24.2 Å². The lowest BCUT2D eigenvalue weighted by Crippen LogP contribution is -2.37. The van der Waals surface area contributed by atoms with Gasteiger partial charge in [-0.15, -0.1) is 0 Å². The molecular weight excluding hydrogens is 394 g/mol. The van der Waals surface area contributed by atoms with Crippen LogP contribution in [0.3, 0.4) is 0 Å². The number of benzene rings is 2. The minimum Gasteiger partial charge on any atom is -0.508 e. The van der Waals surface area contributed by atoms with Gasteiger partial charge in [0.05, 0.1) is 37.4 Å². The minimum atomic E-state index is -0.190. The van der Waals surface area contributed by atoms with Gasteiger partial charge in [0.15, 0.2) is 0 Å². The molecular formula is C23H27N5O3. The van der Waals surface area contributed by atoms with Crippen LogP contribution < -0.4 is 15.4 Å². The van der Waals surface area contributed by atoms with Gasteiger partial charge in [-0.25, -0.2) is 4.98 Å². The Morgan fingerprint density at radius 2 is 1.84 bits per heavy atom. The first kappa shape index (κ1) is 22.0. The molecule has 8 nitrogen and oxygen atoms in total. The third-order valence-corrected chi connectivity index (χ3v) is 4.87. The maximum atomic E-state index is 12.6. The molecule has 0 bridgehead atoms. The van der Waals surface area contributed by atoms with E-state index < -0.39 is 0 Å². The average Bonchev–Trinajstić information content (AvgIpc) is 2.80. The maximum absolute atomic E-state index is 12.6. The van der Waals surface area contributed by atoms with Gasteiger partial charge in [-0.05, 0) is 49.5 Å². The molecule has 3 aromatic rings. The van der Waals surface area contributed by atoms with Crippen LogP contribution in [-0.2, 0) is 0 Å². The highest BCUT2D eigenvalue weighted by atomic mass is 16.5. The van der Waals surface area contributed by atoms with Gasteiger partial charge in [0, 0.05) is 17.3 Å². The van der Waals surface area contributed by atoms with Crippen LogP contribution in [0.15, 0.2) is 54.9 Å². The van der Waals surface area contributed by atoms with Gasteiger partial charge >= 0.3 is 0 Å². The number of hydrogen-bond donors (Lipinski definition) is 3. The molecule has 3 rings (SSSR count). The van der Waals surface area contributed by atoms with E-state index in [1.54, 1.807) is 54.9 Å². The SMILES string of the molecule is CCN(CC)CNC(=O)c1ccc(Nc2cncc(-c3ccc(O)cc3)n2)cc1OC. The summed E-state index contributed by atoms with van der Waals surface area (Å²) < 4.78 is 5.43. The number of nitrogens with zero attached hydrogens (tertiary/aromatic N) is 3. The molecule has 0 aliphatic carbocycles. The summed E-state index contributed by atoms with van der Waals surface area (Å²) in [5.41, 5.74) is 2.69. The molecule has 1 aromatic heterocycles. The Morgan fingerprint density at radius 3 is 2.52 bits per heavy atom. The number of aromatic nitrogens is 2. The molecule has 0 unspecified atom stereocenters. The number of aromatic hydroxyl groups is 1. The maximum Gasteiger partial charge on any atom is 0.256 e. The van der Waals surface area contributed by atoms with E-state index in [9.17, 15) is 9.90 Å². The van der Waals surface area contributed by atoms with E-state index in [4.69, 9.17) is 4.74 Å². The van der Waals surface area contributed by atoms with E-state index in [0.29, 0.717) is 35.2 Å². The zero-order valence-electron chi connectivity index (χ0n) is 17.9. The number of methoxy groups -OCH3 is 1. The fraction of sp³-hybridized carbons (Fsp3) is 0.261. The van der Waals surface area contributed by atoms with E-state index in [1.807, 2.05) is 0 Å². The quantitative estimate of drug-likeness (QED) is 0.454. The topological polar surface area (TPSA) is 99.6 Å². The second kappa shape index (κ2) is 10.4. The molecule has 0 atom stereocenters. The molecule has 1 amide bonds. The summed E-state index contributed by atoms with van der Waals surface area (Å²) in [7, 11) is 1.53. The van der Waals surface area contributed by atoms with E-state index in [1.165, 1.54) is 7.11 Å². The number of phenolic OH excluding ortho intramolecular Hbond substituents is 1. The van der Waals surface area contributed by atoms with Gasteiger partial charge in [-0.1, -0.05) is 13.8 Å². The number of phenols is 1. The Bertz CT molecular complexity index is 1020. The summed E-state index contributed by atoms with van der Waals surface area (Å²) in [6.07, 6.45) is 3.27. The lowest BCUT2D eigenvalue weighted by molar-refractivity contribution is 0.0923. The van der Waals surface area contributed by atoms with E-state index in [2.05, 4.69) is 39.3 Å². The molecule has 1 heterocycles. The lowest BCUT2D eigenvalue weighted by Gasteiger charge is -2.19. The fourth-order valence-electron chi connectivity index (χ4n) is 3.03. The van der Waals surface area contributed by atoms with Crippen molar-refractivity contribution in [3.05, 3.63) is 60.4 Å². The summed E-state index contributed by atoms with van der Waals surface area (Å²) in [6.45, 7) is 6.31. The summed E-state index contributed by atoms with van der Waals surface area (Å²) in [5, 5.41) is 15.6. The Hall–Kier alpha value is -3.65. The summed E-state index contributed by atoms with van der Waals surface area (Å²) >= 11 is 0. The van der Waals surface area contributed by atoms with E-state index >= 15 is 0 Å². The van der Waals surface area contributed by atoms with Gasteiger partial charge in [0.25, 0.3) is 5.91 Å². The lowest BCUT2D eigenvalue weighted by atomic mass is 10.1. The highest BCUT2D eigenvalue weighted by molar-refractivity contribution is 5.97. The van der Waals surface area contributed by atoms with Gasteiger partial charge < -0.3 is 20.5 Å². The third kappa shape index (κ3) is 5.70. The van der Waals surface area contributed by atoms with Crippen LogP contribution in [0.2, 0.25) is 0 Å². The van der Waals surface area contributed by atoms with Crippen LogP contribution in [0.25, 0.3) is 11.3 Å². The molecule has 3 N–H and O–H groups in total. The molecule has 2 aromatic carbocycles. The number of nitrogens with one attached hydrogen (secondary N) is 2. The van der Waals surface area contributed by atoms with Crippen molar-refractivity contribution in [3.63, 3.8) is 0 Å². The molecule has 0 fully saturated rings. The standard InChI is InChI=1S/C23H27N5O3/c1-4-28(5-2)15-25-23(30)19-11-8-17(12-21(19)31-3)26-22-14-24-13-20(27-22)16-6-9-18(29)10-7-16/h6-14,29H,4-5,15H2,1-3H3,(H,25,30)(H,26,27). The molecule has 0 saturated carbocycles. The second-order valence-corrected chi connectivity index (χ2v) is 6.84. The predicted octanol–water partition coefficient (Wildman–Crippen LogP) is 3.63. The normalized spacial score (nSPS) is 10.7. The Balaban J connectivity index is 1.75. The van der Waals surface area contributed by atoms with Crippen molar-refractivity contribution in [2.45, 2.75) is 13.8 Å². The van der Waals surface area contributed by atoms with Gasteiger partial charge in [0.2, 0.25) is 0 Å². The van der Waals surface area contributed by atoms with Gasteiger partial charge in [0.1, 0.15) is 17.3 Å². The van der Waals surface area contributed by atoms with E-state index in [0.717, 1.165) is 18.7 Å². The van der Waals surface area contributed by atoms with Crippen LogP contribution in [0.4, 0.5) is 11.5 Å². The molecule has 31 heavy (non-hydrogen) atoms. The van der Waals surface area contributed by atoms with Crippen molar-refractivity contribution >= 4 is 17.4 Å². The van der Waals surface area contributed by atoms with Crippen LogP contribution in [-0.4, -0.2) is 52.7 Å². The van der Waals surface area contributed by atoms with Gasteiger partial charge in [-0.3, -0.25) is 14.7 Å². The average molecular weight is 422 g/mol. The Morgan fingerprint density at radius 1 is 1.10 bits per heavy atom. The number of hydrogen-bond acceptors (Lipinski definition) is 7. The van der Waals surface area contributed by atoms with Crippen LogP contribution in [0, 0.1) is 0 Å². The monoisotopic (exact) mass is 421 g/mol. The number of amides is 1. The number of rotatable bonds is 9. The van der Waals surface area contributed by atoms with Crippen molar-refractivity contribution in [2.75, 3.05) is 32.2 Å². The number of anilines is 2. The van der Waals surface area contributed by atoms with E-state index in [-0.39, 0.29) is 11.7 Å². The zero-order valence-corrected chi connectivity index (χ0v) is 17.9. The second-order valence-electron chi connectivity index (χ2n) is 6.84. The number of ether oxygens (including phenoxy) is 1. The molecule has 8 heteroatoms. The first-order chi connectivity index (χ1) is 15.0. The summed E-state index contributed by atoms with van der Waals surface area (Å²) in [6, 6.07) is 12.0. The third-order valence-electron chi connectivity index (χ3n) is 4.87. The molecule has 162 valence electrons. The largest absolute Gasteiger partial charge is 0.508 e. The van der Waals surface area contributed by atoms with Gasteiger partial charge in [-0.2, -0.15) is 0 Å². The van der Waals surface area contributed by atoms with Crippen molar-refractivity contribution in [2.24, 2.45) is 0 Å². The minimum absolute atomic E-state index is 0.190. The highest BCUT2D eigenvalue weighted by Crippen LogP contribution is 2.26. The number of carbonyl (C=O) groups excluding carboxylic acids is 1. The van der Waals surface area contributed by atoms with Crippen LogP contribution >= 0.6 is 0 Å². The fourth-order valence-corrected chi connectivity index (χ4v) is 3.03. The molecule has 0 spiro atoms. The van der Waals surface area contributed by atoms with Crippen LogP contribution in [0.5, 0.6) is 11.5 Å². The smallest absolute Gasteiger partial charge is 0.256 e. The van der Waals surface area contributed by atoms with Crippen molar-refractivity contribution in [1.29, 1.82) is 0 Å². The van der Waals surface area contributed by atoms with Crippen molar-refractivity contribution in [3.8, 4) is 22.8 Å². The summed E-state index contributed by atoms with van der Waals surface area (Å²) in [4.78, 5) is 23.5. The van der Waals surface area contributed by atoms with Crippen molar-refractivity contribution < 1.29 is 14.6 Å². The van der Waals surface area contributed by atoms with Crippen molar-refractivity contribution in [1.82, 2.24) is 20.2 Å². The Labute approximate surface area is 181 Å². The number of carbonyl (C=O) groups is 1.